The van der Waals surface area contributed by atoms with E-state index in [1.54, 1.807) is 0 Å². The van der Waals surface area contributed by atoms with E-state index in [0.717, 1.165) is 63.9 Å². The summed E-state index contributed by atoms with van der Waals surface area (Å²) in [6.07, 6.45) is 1.81. The Morgan fingerprint density at radius 2 is 1.71 bits per heavy atom. The number of benzene rings is 1. The normalized spacial score (nSPS) is 17.5. The first-order valence-corrected chi connectivity index (χ1v) is 9.90. The number of hydrogen-bond donors (Lipinski definition) is 1. The van der Waals surface area contributed by atoms with Crippen molar-refractivity contribution in [2.45, 2.75) is 6.54 Å². The monoisotopic (exact) mass is 381 g/mol. The minimum atomic E-state index is -0.00236. The Morgan fingerprint density at radius 3 is 2.46 bits per heavy atom. The van der Waals surface area contributed by atoms with Gasteiger partial charge in [-0.05, 0) is 29.8 Å². The first-order valence-electron chi connectivity index (χ1n) is 9.90. The third kappa shape index (κ3) is 4.54. The number of ether oxygens (including phenoxy) is 1. The van der Waals surface area contributed by atoms with Crippen molar-refractivity contribution in [2.24, 2.45) is 0 Å². The first-order chi connectivity index (χ1) is 13.8. The highest BCUT2D eigenvalue weighted by Gasteiger charge is 2.21. The van der Waals surface area contributed by atoms with Gasteiger partial charge < -0.3 is 24.8 Å². The second-order valence-electron chi connectivity index (χ2n) is 7.09. The minimum absolute atomic E-state index is 0.00236. The van der Waals surface area contributed by atoms with Crippen LogP contribution in [0.4, 0.5) is 16.3 Å². The molecule has 0 spiro atoms. The Labute approximate surface area is 165 Å². The number of nitrogens with one attached hydrogen (secondary N) is 1. The summed E-state index contributed by atoms with van der Waals surface area (Å²) in [5, 5.41) is 3.05. The molecular formula is C21H27N5O2. The molecule has 0 bridgehead atoms. The molecule has 2 fully saturated rings. The maximum Gasteiger partial charge on any atom is 0.317 e. The zero-order chi connectivity index (χ0) is 19.2. The van der Waals surface area contributed by atoms with E-state index >= 15 is 0 Å². The van der Waals surface area contributed by atoms with Crippen molar-refractivity contribution in [3.8, 4) is 0 Å². The van der Waals surface area contributed by atoms with Gasteiger partial charge in [0.15, 0.2) is 0 Å². The van der Waals surface area contributed by atoms with Gasteiger partial charge in [-0.25, -0.2) is 9.78 Å². The van der Waals surface area contributed by atoms with E-state index in [4.69, 9.17) is 4.74 Å². The summed E-state index contributed by atoms with van der Waals surface area (Å²) in [7, 11) is 0. The van der Waals surface area contributed by atoms with Crippen LogP contribution < -0.4 is 15.1 Å². The molecule has 0 saturated carbocycles. The fourth-order valence-corrected chi connectivity index (χ4v) is 3.63. The highest BCUT2D eigenvalue weighted by Crippen LogP contribution is 2.16. The summed E-state index contributed by atoms with van der Waals surface area (Å²) in [5.74, 6) is 0.950. The van der Waals surface area contributed by atoms with Crippen molar-refractivity contribution >= 4 is 17.5 Å². The lowest BCUT2D eigenvalue weighted by Crippen LogP contribution is -2.51. The molecule has 7 heteroatoms. The van der Waals surface area contributed by atoms with Gasteiger partial charge in [-0.2, -0.15) is 0 Å². The predicted octanol–water partition coefficient (Wildman–Crippen LogP) is 1.95. The number of amides is 2. The van der Waals surface area contributed by atoms with Crippen LogP contribution in [-0.4, -0.2) is 68.4 Å². The van der Waals surface area contributed by atoms with Gasteiger partial charge >= 0.3 is 6.03 Å². The van der Waals surface area contributed by atoms with Gasteiger partial charge in [-0.1, -0.05) is 18.2 Å². The molecule has 2 amide bonds. The highest BCUT2D eigenvalue weighted by molar-refractivity contribution is 5.74. The fraction of sp³-hybridized carbons (Fsp3) is 0.429. The van der Waals surface area contributed by atoms with E-state index < -0.39 is 0 Å². The van der Waals surface area contributed by atoms with Gasteiger partial charge in [0.1, 0.15) is 5.82 Å². The van der Waals surface area contributed by atoms with Crippen LogP contribution in [0.25, 0.3) is 0 Å². The number of carbonyl (C=O) groups is 1. The fourth-order valence-electron chi connectivity index (χ4n) is 3.63. The Hall–Kier alpha value is -2.80. The number of aromatic nitrogens is 1. The summed E-state index contributed by atoms with van der Waals surface area (Å²) < 4.78 is 5.40. The van der Waals surface area contributed by atoms with E-state index in [1.807, 2.05) is 35.4 Å². The highest BCUT2D eigenvalue weighted by atomic mass is 16.5. The molecule has 4 rings (SSSR count). The smallest absolute Gasteiger partial charge is 0.317 e. The maximum absolute atomic E-state index is 12.6. The third-order valence-electron chi connectivity index (χ3n) is 5.28. The van der Waals surface area contributed by atoms with Crippen LogP contribution in [0.15, 0.2) is 48.7 Å². The number of nitrogens with zero attached hydrogens (tertiary/aromatic N) is 4. The van der Waals surface area contributed by atoms with Crippen molar-refractivity contribution in [3.63, 3.8) is 0 Å². The molecule has 0 atom stereocenters. The number of morpholine rings is 1. The van der Waals surface area contributed by atoms with Gasteiger partial charge in [0.05, 0.1) is 13.2 Å². The van der Waals surface area contributed by atoms with Gasteiger partial charge in [-0.3, -0.25) is 0 Å². The number of anilines is 2. The summed E-state index contributed by atoms with van der Waals surface area (Å²) in [4.78, 5) is 23.4. The second kappa shape index (κ2) is 8.93. The molecule has 0 unspecified atom stereocenters. The molecule has 1 aromatic carbocycles. The van der Waals surface area contributed by atoms with E-state index in [2.05, 4.69) is 38.3 Å². The minimum Gasteiger partial charge on any atom is -0.378 e. The van der Waals surface area contributed by atoms with Crippen molar-refractivity contribution < 1.29 is 9.53 Å². The summed E-state index contributed by atoms with van der Waals surface area (Å²) >= 11 is 0. The van der Waals surface area contributed by atoms with Crippen molar-refractivity contribution in [1.29, 1.82) is 0 Å². The van der Waals surface area contributed by atoms with Gasteiger partial charge in [0, 0.05) is 57.7 Å². The first kappa shape index (κ1) is 18.6. The molecule has 3 heterocycles. The molecule has 28 heavy (non-hydrogen) atoms. The largest absolute Gasteiger partial charge is 0.378 e. The van der Waals surface area contributed by atoms with Crippen LogP contribution in [0.5, 0.6) is 0 Å². The van der Waals surface area contributed by atoms with Crippen LogP contribution in [0, 0.1) is 0 Å². The number of rotatable bonds is 4. The number of carbonyl (C=O) groups excluding carboxylic acids is 1. The van der Waals surface area contributed by atoms with Crippen LogP contribution >= 0.6 is 0 Å². The number of piperazine rings is 1. The number of pyridine rings is 1. The van der Waals surface area contributed by atoms with E-state index in [0.29, 0.717) is 6.54 Å². The maximum atomic E-state index is 12.6. The number of para-hydroxylation sites is 1. The molecule has 7 nitrogen and oxygen atoms in total. The summed E-state index contributed by atoms with van der Waals surface area (Å²) in [6.45, 7) is 6.86. The molecule has 148 valence electrons. The second-order valence-corrected chi connectivity index (χ2v) is 7.09. The lowest BCUT2D eigenvalue weighted by atomic mass is 10.2. The quantitative estimate of drug-likeness (QED) is 0.877. The molecule has 1 aromatic heterocycles. The summed E-state index contributed by atoms with van der Waals surface area (Å²) in [5.41, 5.74) is 2.28. The Morgan fingerprint density at radius 1 is 0.964 bits per heavy atom. The molecule has 2 aromatic rings. The third-order valence-corrected chi connectivity index (χ3v) is 5.28. The standard InChI is InChI=1S/C21H27N5O2/c27-21(26-10-8-24(9-11-26)19-4-2-1-3-5-19)23-17-18-6-7-22-20(16-18)25-12-14-28-15-13-25/h1-7,16H,8-15,17H2,(H,23,27). The molecule has 0 radical (unpaired) electrons. The van der Waals surface area contributed by atoms with E-state index in [9.17, 15) is 4.79 Å². The number of hydrogen-bond acceptors (Lipinski definition) is 5. The lowest BCUT2D eigenvalue weighted by molar-refractivity contribution is 0.122. The molecular weight excluding hydrogens is 354 g/mol. The average molecular weight is 381 g/mol. The zero-order valence-electron chi connectivity index (χ0n) is 16.1. The molecule has 1 N–H and O–H groups in total. The Balaban J connectivity index is 1.27. The number of urea groups is 1. The molecule has 0 aliphatic carbocycles. The van der Waals surface area contributed by atoms with Crippen molar-refractivity contribution in [1.82, 2.24) is 15.2 Å². The lowest BCUT2D eigenvalue weighted by Gasteiger charge is -2.36. The van der Waals surface area contributed by atoms with Gasteiger partial charge in [0.2, 0.25) is 0 Å². The summed E-state index contributed by atoms with van der Waals surface area (Å²) in [6, 6.07) is 14.4. The van der Waals surface area contributed by atoms with Crippen LogP contribution in [0.3, 0.4) is 0 Å². The average Bonchev–Trinajstić information content (AvgIpc) is 2.79. The van der Waals surface area contributed by atoms with Crippen LogP contribution in [0.2, 0.25) is 0 Å². The SMILES string of the molecule is O=C(NCc1ccnc(N2CCOCC2)c1)N1CCN(c2ccccc2)CC1. The van der Waals surface area contributed by atoms with Crippen molar-refractivity contribution in [3.05, 3.63) is 54.2 Å². The molecule has 2 saturated heterocycles. The van der Waals surface area contributed by atoms with Crippen molar-refractivity contribution in [2.75, 3.05) is 62.3 Å². The Kier molecular flexibility index (Phi) is 5.92. The van der Waals surface area contributed by atoms with E-state index in [-0.39, 0.29) is 6.03 Å². The van der Waals surface area contributed by atoms with E-state index in [1.165, 1.54) is 5.69 Å². The zero-order valence-corrected chi connectivity index (χ0v) is 16.1. The van der Waals surface area contributed by atoms with Gasteiger partial charge in [-0.15, -0.1) is 0 Å². The molecule has 2 aliphatic heterocycles. The topological polar surface area (TPSA) is 60.9 Å². The predicted molar refractivity (Wildman–Crippen MR) is 110 cm³/mol. The van der Waals surface area contributed by atoms with Gasteiger partial charge in [0.25, 0.3) is 0 Å². The van der Waals surface area contributed by atoms with Crippen LogP contribution in [0.1, 0.15) is 5.56 Å². The van der Waals surface area contributed by atoms with Crippen LogP contribution in [-0.2, 0) is 11.3 Å². The Bertz CT molecular complexity index is 771. The molecule has 2 aliphatic rings.